The minimum absolute atomic E-state index is 0.272. The Kier molecular flexibility index (Phi) is 4.51. The van der Waals surface area contributed by atoms with E-state index in [1.807, 2.05) is 19.2 Å². The second-order valence-electron chi connectivity index (χ2n) is 4.67. The van der Waals surface area contributed by atoms with Gasteiger partial charge < -0.3 is 10.1 Å². The Balaban J connectivity index is 1.94. The zero-order chi connectivity index (χ0) is 12.1. The van der Waals surface area contributed by atoms with E-state index in [0.29, 0.717) is 6.04 Å². The van der Waals surface area contributed by atoms with Gasteiger partial charge in [-0.3, -0.25) is 4.98 Å². The summed E-state index contributed by atoms with van der Waals surface area (Å²) in [6.07, 6.45) is 5.77. The molecule has 0 fully saturated rings. The first-order valence-electron chi connectivity index (χ1n) is 6.60. The SMILES string of the molecule is CCOC(C)CNC1CCCc2cccnc21. The lowest BCUT2D eigenvalue weighted by atomic mass is 9.92. The van der Waals surface area contributed by atoms with Gasteiger partial charge in [-0.2, -0.15) is 0 Å². The van der Waals surface area contributed by atoms with Crippen molar-refractivity contribution in [1.29, 1.82) is 0 Å². The molecule has 2 unspecified atom stereocenters. The molecule has 1 aromatic rings. The van der Waals surface area contributed by atoms with Gasteiger partial charge in [0.15, 0.2) is 0 Å². The lowest BCUT2D eigenvalue weighted by Crippen LogP contribution is -2.32. The average Bonchev–Trinajstić information content (AvgIpc) is 2.36. The molecule has 1 heterocycles. The molecule has 3 nitrogen and oxygen atoms in total. The van der Waals surface area contributed by atoms with Crippen LogP contribution in [0.15, 0.2) is 18.3 Å². The summed E-state index contributed by atoms with van der Waals surface area (Å²) in [7, 11) is 0. The summed E-state index contributed by atoms with van der Waals surface area (Å²) in [6, 6.07) is 4.63. The average molecular weight is 234 g/mol. The Morgan fingerprint density at radius 1 is 1.59 bits per heavy atom. The quantitative estimate of drug-likeness (QED) is 0.850. The Bertz CT molecular complexity index is 354. The number of ether oxygens (including phenoxy) is 1. The van der Waals surface area contributed by atoms with Gasteiger partial charge in [-0.1, -0.05) is 6.07 Å². The highest BCUT2D eigenvalue weighted by atomic mass is 16.5. The molecule has 1 aliphatic carbocycles. The van der Waals surface area contributed by atoms with Crippen molar-refractivity contribution in [2.45, 2.75) is 45.3 Å². The smallest absolute Gasteiger partial charge is 0.0671 e. The molecule has 0 radical (unpaired) electrons. The van der Waals surface area contributed by atoms with Crippen molar-refractivity contribution in [3.8, 4) is 0 Å². The van der Waals surface area contributed by atoms with Crippen LogP contribution in [-0.4, -0.2) is 24.2 Å². The van der Waals surface area contributed by atoms with Crippen molar-refractivity contribution in [1.82, 2.24) is 10.3 Å². The van der Waals surface area contributed by atoms with Gasteiger partial charge in [-0.25, -0.2) is 0 Å². The van der Waals surface area contributed by atoms with E-state index in [-0.39, 0.29) is 6.10 Å². The predicted molar refractivity (Wildman–Crippen MR) is 69.0 cm³/mol. The minimum atomic E-state index is 0.272. The summed E-state index contributed by atoms with van der Waals surface area (Å²) < 4.78 is 5.54. The van der Waals surface area contributed by atoms with Crippen molar-refractivity contribution >= 4 is 0 Å². The van der Waals surface area contributed by atoms with Crippen LogP contribution in [0.2, 0.25) is 0 Å². The Hall–Kier alpha value is -0.930. The number of hydrogen-bond donors (Lipinski definition) is 1. The molecule has 0 saturated carbocycles. The number of rotatable bonds is 5. The van der Waals surface area contributed by atoms with Gasteiger partial charge in [0.1, 0.15) is 0 Å². The third kappa shape index (κ3) is 3.27. The van der Waals surface area contributed by atoms with Crippen molar-refractivity contribution in [3.05, 3.63) is 29.6 Å². The molecule has 0 aromatic carbocycles. The molecule has 94 valence electrons. The topological polar surface area (TPSA) is 34.1 Å². The molecule has 0 aliphatic heterocycles. The number of fused-ring (bicyclic) bond motifs is 1. The second-order valence-corrected chi connectivity index (χ2v) is 4.67. The number of aryl methyl sites for hydroxylation is 1. The highest BCUT2D eigenvalue weighted by Gasteiger charge is 2.20. The molecule has 0 saturated heterocycles. The molecule has 3 heteroatoms. The third-order valence-corrected chi connectivity index (χ3v) is 3.30. The Morgan fingerprint density at radius 2 is 2.47 bits per heavy atom. The van der Waals surface area contributed by atoms with Crippen molar-refractivity contribution in [3.63, 3.8) is 0 Å². The maximum Gasteiger partial charge on any atom is 0.0671 e. The fourth-order valence-corrected chi connectivity index (χ4v) is 2.46. The Morgan fingerprint density at radius 3 is 3.29 bits per heavy atom. The van der Waals surface area contributed by atoms with E-state index in [1.54, 1.807) is 0 Å². The van der Waals surface area contributed by atoms with Gasteiger partial charge in [0.05, 0.1) is 11.8 Å². The van der Waals surface area contributed by atoms with E-state index < -0.39 is 0 Å². The summed E-state index contributed by atoms with van der Waals surface area (Å²) in [6.45, 7) is 5.82. The molecule has 0 bridgehead atoms. The largest absolute Gasteiger partial charge is 0.377 e. The van der Waals surface area contributed by atoms with Crippen molar-refractivity contribution in [2.24, 2.45) is 0 Å². The van der Waals surface area contributed by atoms with E-state index in [1.165, 1.54) is 30.5 Å². The van der Waals surface area contributed by atoms with Gasteiger partial charge in [-0.15, -0.1) is 0 Å². The first-order valence-corrected chi connectivity index (χ1v) is 6.60. The van der Waals surface area contributed by atoms with Crippen LogP contribution in [0.25, 0.3) is 0 Å². The summed E-state index contributed by atoms with van der Waals surface area (Å²) in [5.74, 6) is 0. The van der Waals surface area contributed by atoms with Crippen LogP contribution in [-0.2, 0) is 11.2 Å². The fourth-order valence-electron chi connectivity index (χ4n) is 2.46. The van der Waals surface area contributed by atoms with E-state index in [4.69, 9.17) is 4.74 Å². The maximum atomic E-state index is 5.54. The number of pyridine rings is 1. The Labute approximate surface area is 104 Å². The highest BCUT2D eigenvalue weighted by Crippen LogP contribution is 2.27. The van der Waals surface area contributed by atoms with Crippen LogP contribution in [0, 0.1) is 0 Å². The summed E-state index contributed by atoms with van der Waals surface area (Å²) in [5.41, 5.74) is 2.64. The van der Waals surface area contributed by atoms with Crippen molar-refractivity contribution < 1.29 is 4.74 Å². The molecular weight excluding hydrogens is 212 g/mol. The monoisotopic (exact) mass is 234 g/mol. The normalized spacial score (nSPS) is 20.9. The summed E-state index contributed by atoms with van der Waals surface area (Å²) in [5, 5.41) is 3.57. The zero-order valence-electron chi connectivity index (χ0n) is 10.8. The molecule has 2 rings (SSSR count). The number of hydrogen-bond acceptors (Lipinski definition) is 3. The van der Waals surface area contributed by atoms with E-state index in [0.717, 1.165) is 13.2 Å². The van der Waals surface area contributed by atoms with Gasteiger partial charge in [0.2, 0.25) is 0 Å². The maximum absolute atomic E-state index is 5.54. The van der Waals surface area contributed by atoms with Crippen LogP contribution in [0.3, 0.4) is 0 Å². The minimum Gasteiger partial charge on any atom is -0.377 e. The van der Waals surface area contributed by atoms with E-state index >= 15 is 0 Å². The molecule has 2 atom stereocenters. The molecule has 1 N–H and O–H groups in total. The van der Waals surface area contributed by atoms with E-state index in [2.05, 4.69) is 23.3 Å². The van der Waals surface area contributed by atoms with Crippen LogP contribution >= 0.6 is 0 Å². The first-order chi connectivity index (χ1) is 8.31. The van der Waals surface area contributed by atoms with E-state index in [9.17, 15) is 0 Å². The van der Waals surface area contributed by atoms with Crippen LogP contribution < -0.4 is 5.32 Å². The second kappa shape index (κ2) is 6.12. The lowest BCUT2D eigenvalue weighted by molar-refractivity contribution is 0.0733. The standard InChI is InChI=1S/C14H22N2O/c1-3-17-11(2)10-16-13-8-4-6-12-7-5-9-15-14(12)13/h5,7,9,11,13,16H,3-4,6,8,10H2,1-2H3. The molecule has 0 spiro atoms. The lowest BCUT2D eigenvalue weighted by Gasteiger charge is -2.26. The molecular formula is C14H22N2O. The summed E-state index contributed by atoms with van der Waals surface area (Å²) in [4.78, 5) is 4.52. The fraction of sp³-hybridized carbons (Fsp3) is 0.643. The molecule has 1 aliphatic rings. The molecule has 1 aromatic heterocycles. The van der Waals surface area contributed by atoms with Gasteiger partial charge >= 0.3 is 0 Å². The number of nitrogens with one attached hydrogen (secondary N) is 1. The first kappa shape index (κ1) is 12.5. The van der Waals surface area contributed by atoms with Crippen LogP contribution in [0.5, 0.6) is 0 Å². The van der Waals surface area contributed by atoms with Gasteiger partial charge in [0.25, 0.3) is 0 Å². The van der Waals surface area contributed by atoms with Crippen LogP contribution in [0.4, 0.5) is 0 Å². The number of nitrogens with zero attached hydrogens (tertiary/aromatic N) is 1. The van der Waals surface area contributed by atoms with Gasteiger partial charge in [0, 0.05) is 25.4 Å². The summed E-state index contributed by atoms with van der Waals surface area (Å²) >= 11 is 0. The molecule has 0 amide bonds. The third-order valence-electron chi connectivity index (χ3n) is 3.30. The number of aromatic nitrogens is 1. The predicted octanol–water partition coefficient (Wildman–Crippen LogP) is 2.47. The van der Waals surface area contributed by atoms with Crippen molar-refractivity contribution in [2.75, 3.05) is 13.2 Å². The highest BCUT2D eigenvalue weighted by molar-refractivity contribution is 5.25. The van der Waals surface area contributed by atoms with Gasteiger partial charge in [-0.05, 0) is 44.7 Å². The zero-order valence-corrected chi connectivity index (χ0v) is 10.8. The molecule has 17 heavy (non-hydrogen) atoms. The van der Waals surface area contributed by atoms with Crippen LogP contribution in [0.1, 0.15) is 44.0 Å².